The monoisotopic (exact) mass is 201 g/mol. The molecule has 2 aliphatic rings. The van der Waals surface area contributed by atoms with Gasteiger partial charge in [0, 0.05) is 13.2 Å². The smallest absolute Gasteiger partial charge is 0.0468 e. The summed E-state index contributed by atoms with van der Waals surface area (Å²) >= 11 is 2.15. The molecule has 0 aromatic rings. The van der Waals surface area contributed by atoms with Crippen molar-refractivity contribution in [3.63, 3.8) is 0 Å². The lowest BCUT2D eigenvalue weighted by molar-refractivity contribution is 0.0728. The molecule has 2 rings (SSSR count). The number of hydrogen-bond donors (Lipinski definition) is 1. The molecule has 2 nitrogen and oxygen atoms in total. The van der Waals surface area contributed by atoms with Crippen LogP contribution in [-0.4, -0.2) is 37.8 Å². The maximum absolute atomic E-state index is 5.34. The summed E-state index contributed by atoms with van der Waals surface area (Å²) in [5.74, 6) is 4.63. The van der Waals surface area contributed by atoms with Crippen molar-refractivity contribution in [3.8, 4) is 0 Å². The molecule has 0 aromatic carbocycles. The topological polar surface area (TPSA) is 21.3 Å². The number of nitrogens with one attached hydrogen (secondary N) is 1. The van der Waals surface area contributed by atoms with Gasteiger partial charge in [0.1, 0.15) is 0 Å². The van der Waals surface area contributed by atoms with Crippen LogP contribution < -0.4 is 5.32 Å². The first-order valence-electron chi connectivity index (χ1n) is 5.31. The average Bonchev–Trinajstić information content (AvgIpc) is 2.11. The van der Waals surface area contributed by atoms with E-state index in [1.807, 2.05) is 0 Å². The molecule has 76 valence electrons. The lowest BCUT2D eigenvalue weighted by Crippen LogP contribution is -2.43. The van der Waals surface area contributed by atoms with Crippen molar-refractivity contribution in [2.24, 2.45) is 11.8 Å². The molecule has 1 N–H and O–H groups in total. The van der Waals surface area contributed by atoms with Crippen LogP contribution in [0, 0.1) is 11.8 Å². The van der Waals surface area contributed by atoms with Crippen molar-refractivity contribution in [3.05, 3.63) is 0 Å². The third kappa shape index (κ3) is 3.15. The van der Waals surface area contributed by atoms with Crippen molar-refractivity contribution in [2.75, 3.05) is 37.8 Å². The molecule has 13 heavy (non-hydrogen) atoms. The van der Waals surface area contributed by atoms with Crippen molar-refractivity contribution >= 4 is 11.8 Å². The molecule has 0 amide bonds. The average molecular weight is 201 g/mol. The van der Waals surface area contributed by atoms with Crippen LogP contribution in [0.4, 0.5) is 0 Å². The molecule has 0 radical (unpaired) electrons. The summed E-state index contributed by atoms with van der Waals surface area (Å²) in [7, 11) is 0. The zero-order valence-corrected chi connectivity index (χ0v) is 8.94. The molecule has 0 aromatic heterocycles. The first-order valence-corrected chi connectivity index (χ1v) is 6.47. The quantitative estimate of drug-likeness (QED) is 0.742. The predicted octanol–water partition coefficient (Wildman–Crippen LogP) is 1.37. The highest BCUT2D eigenvalue weighted by molar-refractivity contribution is 7.99. The van der Waals surface area contributed by atoms with Crippen molar-refractivity contribution in [2.45, 2.75) is 12.8 Å². The van der Waals surface area contributed by atoms with Crippen LogP contribution >= 0.6 is 11.8 Å². The molecule has 0 aliphatic carbocycles. The Balaban J connectivity index is 1.50. The van der Waals surface area contributed by atoms with E-state index in [1.54, 1.807) is 0 Å². The maximum atomic E-state index is 5.34. The van der Waals surface area contributed by atoms with E-state index in [4.69, 9.17) is 4.74 Å². The van der Waals surface area contributed by atoms with Crippen molar-refractivity contribution in [1.82, 2.24) is 5.32 Å². The van der Waals surface area contributed by atoms with Gasteiger partial charge in [0.2, 0.25) is 0 Å². The maximum Gasteiger partial charge on any atom is 0.0468 e. The Bertz CT molecular complexity index is 144. The summed E-state index contributed by atoms with van der Waals surface area (Å²) in [6.45, 7) is 4.49. The number of thioether (sulfide) groups is 1. The van der Waals surface area contributed by atoms with E-state index in [0.717, 1.165) is 25.0 Å². The van der Waals surface area contributed by atoms with Gasteiger partial charge in [-0.05, 0) is 49.3 Å². The van der Waals surface area contributed by atoms with Crippen LogP contribution in [0.25, 0.3) is 0 Å². The summed E-state index contributed by atoms with van der Waals surface area (Å²) < 4.78 is 5.34. The number of ether oxygens (including phenoxy) is 1. The molecule has 2 saturated heterocycles. The molecule has 0 saturated carbocycles. The SMILES string of the molecule is C1CC(CSCC2CNC2)CCO1. The first-order chi connectivity index (χ1) is 6.45. The zero-order valence-electron chi connectivity index (χ0n) is 8.13. The highest BCUT2D eigenvalue weighted by Crippen LogP contribution is 2.22. The molecule has 0 atom stereocenters. The van der Waals surface area contributed by atoms with Gasteiger partial charge in [0.15, 0.2) is 0 Å². The van der Waals surface area contributed by atoms with Gasteiger partial charge < -0.3 is 10.1 Å². The van der Waals surface area contributed by atoms with Crippen LogP contribution in [0.5, 0.6) is 0 Å². The molecule has 0 unspecified atom stereocenters. The summed E-state index contributed by atoms with van der Waals surface area (Å²) in [5, 5.41) is 3.32. The molecule has 2 fully saturated rings. The van der Waals surface area contributed by atoms with Gasteiger partial charge in [0.05, 0.1) is 0 Å². The molecular weight excluding hydrogens is 182 g/mol. The molecular formula is C10H19NOS. The minimum atomic E-state index is 0.937. The Labute approximate surface area is 84.8 Å². The van der Waals surface area contributed by atoms with Gasteiger partial charge in [-0.2, -0.15) is 11.8 Å². The Morgan fingerprint density at radius 2 is 1.77 bits per heavy atom. The standard InChI is InChI=1S/C10H19NOS/c1-3-12-4-2-9(1)7-13-8-10-5-11-6-10/h9-11H,1-8H2. The Morgan fingerprint density at radius 1 is 1.08 bits per heavy atom. The summed E-state index contributed by atoms with van der Waals surface area (Å²) in [6.07, 6.45) is 2.58. The van der Waals surface area contributed by atoms with E-state index in [-0.39, 0.29) is 0 Å². The van der Waals surface area contributed by atoms with Crippen molar-refractivity contribution < 1.29 is 4.74 Å². The van der Waals surface area contributed by atoms with Crippen molar-refractivity contribution in [1.29, 1.82) is 0 Å². The van der Waals surface area contributed by atoms with E-state index in [1.165, 1.54) is 37.4 Å². The summed E-state index contributed by atoms with van der Waals surface area (Å²) in [5.41, 5.74) is 0. The van der Waals surface area contributed by atoms with E-state index < -0.39 is 0 Å². The minimum absolute atomic E-state index is 0.937. The lowest BCUT2D eigenvalue weighted by Gasteiger charge is -2.28. The highest BCUT2D eigenvalue weighted by atomic mass is 32.2. The first kappa shape index (κ1) is 9.81. The second-order valence-electron chi connectivity index (χ2n) is 4.12. The normalized spacial score (nSPS) is 25.8. The second kappa shape index (κ2) is 5.23. The molecule has 3 heteroatoms. The third-order valence-electron chi connectivity index (χ3n) is 2.91. The van der Waals surface area contributed by atoms with Crippen LogP contribution in [0.2, 0.25) is 0 Å². The fourth-order valence-corrected chi connectivity index (χ4v) is 3.15. The van der Waals surface area contributed by atoms with Crippen LogP contribution in [0.3, 0.4) is 0 Å². The molecule has 2 heterocycles. The summed E-state index contributed by atoms with van der Waals surface area (Å²) in [6, 6.07) is 0. The van der Waals surface area contributed by atoms with Crippen LogP contribution in [0.1, 0.15) is 12.8 Å². The largest absolute Gasteiger partial charge is 0.381 e. The van der Waals surface area contributed by atoms with Gasteiger partial charge in [-0.1, -0.05) is 0 Å². The van der Waals surface area contributed by atoms with Gasteiger partial charge in [-0.15, -0.1) is 0 Å². The predicted molar refractivity (Wildman–Crippen MR) is 57.2 cm³/mol. The molecule has 0 bridgehead atoms. The van der Waals surface area contributed by atoms with Crippen LogP contribution in [-0.2, 0) is 4.74 Å². The van der Waals surface area contributed by atoms with Gasteiger partial charge in [-0.25, -0.2) is 0 Å². The van der Waals surface area contributed by atoms with E-state index in [9.17, 15) is 0 Å². The fourth-order valence-electron chi connectivity index (χ4n) is 1.78. The highest BCUT2D eigenvalue weighted by Gasteiger charge is 2.18. The van der Waals surface area contributed by atoms with Gasteiger partial charge in [0.25, 0.3) is 0 Å². The van der Waals surface area contributed by atoms with Crippen LogP contribution in [0.15, 0.2) is 0 Å². The zero-order chi connectivity index (χ0) is 8.93. The minimum Gasteiger partial charge on any atom is -0.381 e. The van der Waals surface area contributed by atoms with E-state index >= 15 is 0 Å². The Kier molecular flexibility index (Phi) is 3.94. The van der Waals surface area contributed by atoms with Gasteiger partial charge >= 0.3 is 0 Å². The third-order valence-corrected chi connectivity index (χ3v) is 4.33. The second-order valence-corrected chi connectivity index (χ2v) is 5.19. The number of hydrogen-bond acceptors (Lipinski definition) is 3. The summed E-state index contributed by atoms with van der Waals surface area (Å²) in [4.78, 5) is 0. The molecule has 0 spiro atoms. The lowest BCUT2D eigenvalue weighted by atomic mass is 10.0. The Hall–Kier alpha value is 0.270. The van der Waals surface area contributed by atoms with E-state index in [0.29, 0.717) is 0 Å². The van der Waals surface area contributed by atoms with Gasteiger partial charge in [-0.3, -0.25) is 0 Å². The van der Waals surface area contributed by atoms with E-state index in [2.05, 4.69) is 17.1 Å². The molecule has 2 aliphatic heterocycles. The Morgan fingerprint density at radius 3 is 2.38 bits per heavy atom. The number of rotatable bonds is 4. The fraction of sp³-hybridized carbons (Fsp3) is 1.00.